The van der Waals surface area contributed by atoms with Crippen molar-refractivity contribution < 1.29 is 13.7 Å². The smallest absolute Gasteiger partial charge is 0.374 e. The predicted molar refractivity (Wildman–Crippen MR) is 48.2 cm³/mol. The van der Waals surface area contributed by atoms with Crippen molar-refractivity contribution in [3.8, 4) is 0 Å². The molecule has 0 saturated heterocycles. The number of nitrogens with zero attached hydrogens (tertiary/aromatic N) is 2. The molecular weight excluding hydrogens is 210 g/mol. The minimum atomic E-state index is -3.04. The number of rotatable bonds is 3. The molecule has 0 radical (unpaired) electrons. The highest BCUT2D eigenvalue weighted by Gasteiger charge is 2.27. The van der Waals surface area contributed by atoms with E-state index in [1.54, 1.807) is 0 Å². The molecule has 0 aliphatic rings. The Morgan fingerprint density at radius 1 is 1.60 bits per heavy atom. The maximum Gasteiger partial charge on any atom is 0.374 e. The monoisotopic (exact) mass is 218 g/mol. The molecule has 0 spiro atoms. The molecule has 0 amide bonds. The summed E-state index contributed by atoms with van der Waals surface area (Å²) in [5.74, 6) is -0.939. The maximum atomic E-state index is 12.4. The third kappa shape index (κ3) is 2.15. The lowest BCUT2D eigenvalue weighted by Crippen LogP contribution is -2.08. The number of hydrogen-bond acceptors (Lipinski definition) is 5. The number of nitrogens with two attached hydrogens (primary N) is 2. The van der Waals surface area contributed by atoms with Gasteiger partial charge in [-0.3, -0.25) is 0 Å². The molecule has 0 bridgehead atoms. The summed E-state index contributed by atoms with van der Waals surface area (Å²) >= 11 is 0. The first-order valence-electron chi connectivity index (χ1n) is 3.89. The third-order valence-corrected chi connectivity index (χ3v) is 1.72. The van der Waals surface area contributed by atoms with Gasteiger partial charge in [-0.25, -0.2) is 8.78 Å². The number of pyridine rings is 1. The minimum Gasteiger partial charge on any atom is -0.398 e. The summed E-state index contributed by atoms with van der Waals surface area (Å²) in [7, 11) is 0. The first-order chi connectivity index (χ1) is 6.97. The van der Waals surface area contributed by atoms with Gasteiger partial charge in [-0.2, -0.15) is 0 Å². The van der Waals surface area contributed by atoms with E-state index in [1.165, 1.54) is 0 Å². The van der Waals surface area contributed by atoms with Crippen molar-refractivity contribution in [2.75, 3.05) is 5.73 Å². The van der Waals surface area contributed by atoms with Crippen LogP contribution in [0.5, 0.6) is 0 Å². The van der Waals surface area contributed by atoms with Crippen LogP contribution >= 0.6 is 0 Å². The molecule has 82 valence electrons. The lowest BCUT2D eigenvalue weighted by atomic mass is 10.2. The van der Waals surface area contributed by atoms with Gasteiger partial charge in [0.05, 0.1) is 12.2 Å². The molecule has 15 heavy (non-hydrogen) atoms. The highest BCUT2D eigenvalue weighted by Crippen LogP contribution is 2.32. The fourth-order valence-electron chi connectivity index (χ4n) is 1.08. The van der Waals surface area contributed by atoms with Crippen molar-refractivity contribution in [3.63, 3.8) is 0 Å². The van der Waals surface area contributed by atoms with Crippen LogP contribution in [0.4, 0.5) is 20.3 Å². The van der Waals surface area contributed by atoms with E-state index in [0.717, 1.165) is 6.07 Å². The molecule has 0 unspecified atom stereocenters. The summed E-state index contributed by atoms with van der Waals surface area (Å²) in [4.78, 5) is 12.8. The second-order valence-corrected chi connectivity index (χ2v) is 2.70. The predicted octanol–water partition coefficient (Wildman–Crippen LogP) is 0.968. The van der Waals surface area contributed by atoms with Crippen molar-refractivity contribution in [2.24, 2.45) is 5.73 Å². The first kappa shape index (κ1) is 11.2. The molecular formula is C7H8F2N4O2. The summed E-state index contributed by atoms with van der Waals surface area (Å²) in [6.45, 7) is -0.103. The van der Waals surface area contributed by atoms with Gasteiger partial charge < -0.3 is 21.6 Å². The van der Waals surface area contributed by atoms with Gasteiger partial charge >= 0.3 is 5.82 Å². The highest BCUT2D eigenvalue weighted by molar-refractivity contribution is 5.56. The summed E-state index contributed by atoms with van der Waals surface area (Å²) < 4.78 is 24.9. The summed E-state index contributed by atoms with van der Waals surface area (Å²) in [6, 6.07) is 1.11. The van der Waals surface area contributed by atoms with E-state index in [9.17, 15) is 18.9 Å². The first-order valence-corrected chi connectivity index (χ1v) is 3.89. The second-order valence-electron chi connectivity index (χ2n) is 2.70. The van der Waals surface area contributed by atoms with E-state index < -0.39 is 22.7 Å². The van der Waals surface area contributed by atoms with Gasteiger partial charge in [-0.05, 0) is 9.91 Å². The molecule has 0 atom stereocenters. The van der Waals surface area contributed by atoms with E-state index >= 15 is 0 Å². The molecule has 0 fully saturated rings. The average molecular weight is 218 g/mol. The lowest BCUT2D eigenvalue weighted by Gasteiger charge is -2.05. The van der Waals surface area contributed by atoms with Crippen LogP contribution < -0.4 is 11.5 Å². The van der Waals surface area contributed by atoms with E-state index in [2.05, 4.69) is 4.98 Å². The quantitative estimate of drug-likeness (QED) is 0.580. The highest BCUT2D eigenvalue weighted by atomic mass is 19.3. The fourth-order valence-corrected chi connectivity index (χ4v) is 1.08. The van der Waals surface area contributed by atoms with Crippen LogP contribution in [-0.2, 0) is 6.54 Å². The van der Waals surface area contributed by atoms with Crippen LogP contribution in [0.15, 0.2) is 6.07 Å². The Bertz CT molecular complexity index is 397. The molecule has 8 heteroatoms. The van der Waals surface area contributed by atoms with Crippen molar-refractivity contribution in [1.82, 2.24) is 4.98 Å². The Morgan fingerprint density at radius 3 is 2.60 bits per heavy atom. The molecule has 0 aliphatic carbocycles. The van der Waals surface area contributed by atoms with Crippen LogP contribution in [0, 0.1) is 10.1 Å². The zero-order valence-corrected chi connectivity index (χ0v) is 7.48. The SMILES string of the molecule is NCc1cc(N)c(C(F)F)c([N+](=O)[O-])n1. The fraction of sp³-hybridized carbons (Fsp3) is 0.286. The number of nitrogen functional groups attached to an aromatic ring is 1. The third-order valence-electron chi connectivity index (χ3n) is 1.72. The van der Waals surface area contributed by atoms with Crippen LogP contribution in [0.2, 0.25) is 0 Å². The van der Waals surface area contributed by atoms with Crippen molar-refractivity contribution in [3.05, 3.63) is 27.4 Å². The summed E-state index contributed by atoms with van der Waals surface area (Å²) in [5, 5.41) is 10.5. The molecule has 1 aromatic rings. The van der Waals surface area contributed by atoms with Gasteiger partial charge in [0.1, 0.15) is 5.56 Å². The molecule has 0 aromatic carbocycles. The maximum absolute atomic E-state index is 12.4. The van der Waals surface area contributed by atoms with Crippen LogP contribution in [0.25, 0.3) is 0 Å². The number of hydrogen-bond donors (Lipinski definition) is 2. The van der Waals surface area contributed by atoms with Gasteiger partial charge in [0.25, 0.3) is 6.43 Å². The summed E-state index contributed by atoms with van der Waals surface area (Å²) in [6.07, 6.45) is -3.04. The molecule has 6 nitrogen and oxygen atoms in total. The zero-order chi connectivity index (χ0) is 11.6. The van der Waals surface area contributed by atoms with E-state index in [1.807, 2.05) is 0 Å². The van der Waals surface area contributed by atoms with Crippen LogP contribution in [0.1, 0.15) is 17.7 Å². The molecule has 4 N–H and O–H groups in total. The Morgan fingerprint density at radius 2 is 2.20 bits per heavy atom. The van der Waals surface area contributed by atoms with Gasteiger partial charge in [-0.15, -0.1) is 0 Å². The van der Waals surface area contributed by atoms with Crippen LogP contribution in [-0.4, -0.2) is 9.91 Å². The Hall–Kier alpha value is -1.83. The minimum absolute atomic E-state index is 0.101. The van der Waals surface area contributed by atoms with Gasteiger partial charge in [0, 0.05) is 6.07 Å². The second kappa shape index (κ2) is 4.13. The van der Waals surface area contributed by atoms with Crippen molar-refractivity contribution in [2.45, 2.75) is 13.0 Å². The number of anilines is 1. The number of alkyl halides is 2. The standard InChI is InChI=1S/C7H8F2N4O2/c8-6(9)5-4(11)1-3(2-10)12-7(5)13(14)15/h1,6H,2,10H2,(H2,11,12). The largest absolute Gasteiger partial charge is 0.398 e. The molecule has 0 aliphatic heterocycles. The Balaban J connectivity index is 3.42. The molecule has 1 heterocycles. The van der Waals surface area contributed by atoms with Crippen molar-refractivity contribution >= 4 is 11.5 Å². The summed E-state index contributed by atoms with van der Waals surface area (Å²) in [5.41, 5.74) is 9.31. The zero-order valence-electron chi connectivity index (χ0n) is 7.48. The van der Waals surface area contributed by atoms with E-state index in [0.29, 0.717) is 0 Å². The van der Waals surface area contributed by atoms with E-state index in [-0.39, 0.29) is 17.9 Å². The normalized spacial score (nSPS) is 10.7. The van der Waals surface area contributed by atoms with Gasteiger partial charge in [0.15, 0.2) is 5.69 Å². The van der Waals surface area contributed by atoms with Crippen molar-refractivity contribution in [1.29, 1.82) is 0 Å². The van der Waals surface area contributed by atoms with Gasteiger partial charge in [0.2, 0.25) is 0 Å². The Kier molecular flexibility index (Phi) is 3.10. The lowest BCUT2D eigenvalue weighted by molar-refractivity contribution is -0.391. The molecule has 0 saturated carbocycles. The van der Waals surface area contributed by atoms with Crippen LogP contribution in [0.3, 0.4) is 0 Å². The molecule has 1 rings (SSSR count). The van der Waals surface area contributed by atoms with Gasteiger partial charge in [-0.1, -0.05) is 0 Å². The number of nitro groups is 1. The topological polar surface area (TPSA) is 108 Å². The number of halogens is 2. The number of aromatic nitrogens is 1. The van der Waals surface area contributed by atoms with E-state index in [4.69, 9.17) is 11.5 Å². The molecule has 1 aromatic heterocycles. The Labute approximate surface area is 83.0 Å². The average Bonchev–Trinajstić information content (AvgIpc) is 2.15.